The number of aryl methyl sites for hydroxylation is 1. The van der Waals surface area contributed by atoms with Crippen molar-refractivity contribution in [3.63, 3.8) is 0 Å². The van der Waals surface area contributed by atoms with Crippen LogP contribution in [0.3, 0.4) is 0 Å². The van der Waals surface area contributed by atoms with E-state index in [2.05, 4.69) is 29.2 Å². The van der Waals surface area contributed by atoms with Crippen LogP contribution in [-0.4, -0.2) is 60.0 Å². The summed E-state index contributed by atoms with van der Waals surface area (Å²) in [6, 6.07) is 0. The molecule has 1 N–H and O–H groups in total. The Labute approximate surface area is 148 Å². The minimum absolute atomic E-state index is 0.115. The van der Waals surface area contributed by atoms with Gasteiger partial charge >= 0.3 is 0 Å². The molecule has 1 aromatic heterocycles. The van der Waals surface area contributed by atoms with Crippen LogP contribution in [0.1, 0.15) is 25.1 Å². The minimum atomic E-state index is -0.115. The summed E-state index contributed by atoms with van der Waals surface area (Å²) in [5, 5.41) is 7.92. The highest BCUT2D eigenvalue weighted by molar-refractivity contribution is 6.31. The molecule has 1 aromatic rings. The number of halogens is 1. The number of morpholine rings is 1. The molecule has 0 radical (unpaired) electrons. The molecule has 0 saturated carbocycles. The van der Waals surface area contributed by atoms with Crippen LogP contribution in [0.5, 0.6) is 0 Å². The maximum absolute atomic E-state index is 12.0. The Bertz CT molecular complexity index is 577. The maximum Gasteiger partial charge on any atom is 0.244 e. The van der Waals surface area contributed by atoms with Crippen LogP contribution in [0, 0.1) is 12.8 Å². The molecule has 0 aromatic carbocycles. The van der Waals surface area contributed by atoms with E-state index in [0.29, 0.717) is 17.6 Å². The van der Waals surface area contributed by atoms with Crippen LogP contribution in [-0.2, 0) is 16.1 Å². The van der Waals surface area contributed by atoms with Crippen LogP contribution < -0.4 is 5.32 Å². The SMILES string of the molecule is Cc1nn(CC(C)C)c(Cl)c1/C=C/C(=O)NCCN1CCOCC1. The molecule has 0 spiro atoms. The van der Waals surface area contributed by atoms with Crippen molar-refractivity contribution >= 4 is 23.6 Å². The summed E-state index contributed by atoms with van der Waals surface area (Å²) in [4.78, 5) is 14.2. The molecular weight excluding hydrogens is 328 g/mol. The van der Waals surface area contributed by atoms with E-state index in [4.69, 9.17) is 16.3 Å². The summed E-state index contributed by atoms with van der Waals surface area (Å²) in [5.74, 6) is 0.345. The Balaban J connectivity index is 1.83. The van der Waals surface area contributed by atoms with Gasteiger partial charge in [0.05, 0.1) is 18.9 Å². The molecule has 1 saturated heterocycles. The fraction of sp³-hybridized carbons (Fsp3) is 0.647. The highest BCUT2D eigenvalue weighted by atomic mass is 35.5. The summed E-state index contributed by atoms with van der Waals surface area (Å²) in [6.07, 6.45) is 3.26. The number of rotatable bonds is 7. The van der Waals surface area contributed by atoms with E-state index in [-0.39, 0.29) is 5.91 Å². The molecule has 6 nitrogen and oxygen atoms in total. The third-order valence-corrected chi connectivity index (χ3v) is 4.28. The first-order valence-electron chi connectivity index (χ1n) is 8.46. The number of amides is 1. The lowest BCUT2D eigenvalue weighted by molar-refractivity contribution is -0.116. The van der Waals surface area contributed by atoms with Gasteiger partial charge in [-0.15, -0.1) is 0 Å². The number of nitrogens with zero attached hydrogens (tertiary/aromatic N) is 3. The van der Waals surface area contributed by atoms with E-state index in [1.807, 2.05) is 6.92 Å². The molecule has 2 rings (SSSR count). The minimum Gasteiger partial charge on any atom is -0.379 e. The largest absolute Gasteiger partial charge is 0.379 e. The molecule has 0 aliphatic carbocycles. The van der Waals surface area contributed by atoms with Gasteiger partial charge in [0.2, 0.25) is 5.91 Å². The molecule has 1 aliphatic rings. The zero-order valence-electron chi connectivity index (χ0n) is 14.7. The Kier molecular flexibility index (Phi) is 7.27. The smallest absolute Gasteiger partial charge is 0.244 e. The summed E-state index contributed by atoms with van der Waals surface area (Å²) in [6.45, 7) is 11.8. The molecule has 2 heterocycles. The molecule has 0 unspecified atom stereocenters. The van der Waals surface area contributed by atoms with Gasteiger partial charge < -0.3 is 10.1 Å². The Morgan fingerprint density at radius 3 is 2.79 bits per heavy atom. The van der Waals surface area contributed by atoms with E-state index in [9.17, 15) is 4.79 Å². The van der Waals surface area contributed by atoms with Crippen LogP contribution in [0.25, 0.3) is 6.08 Å². The fourth-order valence-electron chi connectivity index (χ4n) is 2.60. The summed E-state index contributed by atoms with van der Waals surface area (Å²) in [5.41, 5.74) is 1.64. The third-order valence-electron chi connectivity index (χ3n) is 3.88. The Morgan fingerprint density at radius 1 is 1.42 bits per heavy atom. The van der Waals surface area contributed by atoms with Crippen molar-refractivity contribution in [3.05, 3.63) is 22.5 Å². The first kappa shape index (κ1) is 19.0. The predicted octanol–water partition coefficient (Wildman–Crippen LogP) is 1.96. The number of ether oxygens (including phenoxy) is 1. The van der Waals surface area contributed by atoms with Gasteiger partial charge in [-0.05, 0) is 18.9 Å². The normalized spacial score (nSPS) is 16.2. The molecule has 0 atom stereocenters. The second-order valence-corrected chi connectivity index (χ2v) is 6.80. The summed E-state index contributed by atoms with van der Waals surface area (Å²) >= 11 is 6.36. The van der Waals surface area contributed by atoms with Gasteiger partial charge in [0, 0.05) is 44.4 Å². The van der Waals surface area contributed by atoms with Gasteiger partial charge in [0.15, 0.2) is 0 Å². The van der Waals surface area contributed by atoms with Gasteiger partial charge in [-0.25, -0.2) is 0 Å². The highest BCUT2D eigenvalue weighted by Gasteiger charge is 2.12. The van der Waals surface area contributed by atoms with Crippen molar-refractivity contribution in [3.8, 4) is 0 Å². The van der Waals surface area contributed by atoms with E-state index < -0.39 is 0 Å². The molecule has 1 fully saturated rings. The Hall–Kier alpha value is -1.37. The van der Waals surface area contributed by atoms with Crippen molar-refractivity contribution in [2.75, 3.05) is 39.4 Å². The first-order chi connectivity index (χ1) is 11.5. The topological polar surface area (TPSA) is 59.4 Å². The average Bonchev–Trinajstić information content (AvgIpc) is 2.80. The zero-order chi connectivity index (χ0) is 17.5. The summed E-state index contributed by atoms with van der Waals surface area (Å²) in [7, 11) is 0. The lowest BCUT2D eigenvalue weighted by Gasteiger charge is -2.26. The number of nitrogens with one attached hydrogen (secondary N) is 1. The van der Waals surface area contributed by atoms with Crippen LogP contribution >= 0.6 is 11.6 Å². The van der Waals surface area contributed by atoms with Crippen molar-refractivity contribution < 1.29 is 9.53 Å². The van der Waals surface area contributed by atoms with E-state index in [1.165, 1.54) is 6.08 Å². The molecule has 0 bridgehead atoms. The van der Waals surface area contributed by atoms with Gasteiger partial charge in [-0.2, -0.15) is 5.10 Å². The maximum atomic E-state index is 12.0. The average molecular weight is 355 g/mol. The number of hydrogen-bond donors (Lipinski definition) is 1. The lowest BCUT2D eigenvalue weighted by Crippen LogP contribution is -2.41. The second-order valence-electron chi connectivity index (χ2n) is 6.44. The first-order valence-corrected chi connectivity index (χ1v) is 8.84. The van der Waals surface area contributed by atoms with E-state index >= 15 is 0 Å². The monoisotopic (exact) mass is 354 g/mol. The Morgan fingerprint density at radius 2 is 2.12 bits per heavy atom. The fourth-order valence-corrected chi connectivity index (χ4v) is 2.91. The molecule has 134 valence electrons. The van der Waals surface area contributed by atoms with Gasteiger partial charge in [0.25, 0.3) is 0 Å². The molecular formula is C17H27ClN4O2. The van der Waals surface area contributed by atoms with Gasteiger partial charge in [0.1, 0.15) is 5.15 Å². The predicted molar refractivity (Wildman–Crippen MR) is 96.1 cm³/mol. The number of carbonyl (C=O) groups is 1. The van der Waals surface area contributed by atoms with Gasteiger partial charge in [-0.3, -0.25) is 14.4 Å². The quantitative estimate of drug-likeness (QED) is 0.760. The second kappa shape index (κ2) is 9.20. The number of aromatic nitrogens is 2. The van der Waals surface area contributed by atoms with Crippen molar-refractivity contribution in [1.29, 1.82) is 0 Å². The molecule has 7 heteroatoms. The molecule has 24 heavy (non-hydrogen) atoms. The number of hydrogen-bond acceptors (Lipinski definition) is 4. The molecule has 1 amide bonds. The highest BCUT2D eigenvalue weighted by Crippen LogP contribution is 2.22. The molecule has 1 aliphatic heterocycles. The van der Waals surface area contributed by atoms with E-state index in [0.717, 1.165) is 50.7 Å². The van der Waals surface area contributed by atoms with Crippen molar-refractivity contribution in [1.82, 2.24) is 20.0 Å². The zero-order valence-corrected chi connectivity index (χ0v) is 15.5. The van der Waals surface area contributed by atoms with Crippen molar-refractivity contribution in [2.24, 2.45) is 5.92 Å². The van der Waals surface area contributed by atoms with Crippen LogP contribution in [0.2, 0.25) is 5.15 Å². The van der Waals surface area contributed by atoms with Crippen LogP contribution in [0.4, 0.5) is 0 Å². The lowest BCUT2D eigenvalue weighted by atomic mass is 10.2. The van der Waals surface area contributed by atoms with Crippen LogP contribution in [0.15, 0.2) is 6.08 Å². The summed E-state index contributed by atoms with van der Waals surface area (Å²) < 4.78 is 7.09. The van der Waals surface area contributed by atoms with Crippen molar-refractivity contribution in [2.45, 2.75) is 27.3 Å². The van der Waals surface area contributed by atoms with E-state index in [1.54, 1.807) is 10.8 Å². The standard InChI is InChI=1S/C17H27ClN4O2/c1-13(2)12-22-17(18)15(14(3)20-22)4-5-16(23)19-6-7-21-8-10-24-11-9-21/h4-5,13H,6-12H2,1-3H3,(H,19,23)/b5-4+. The number of carbonyl (C=O) groups excluding carboxylic acids is 1. The third kappa shape index (κ3) is 5.61. The van der Waals surface area contributed by atoms with Gasteiger partial charge in [-0.1, -0.05) is 25.4 Å².